The van der Waals surface area contributed by atoms with E-state index in [2.05, 4.69) is 29.4 Å². The second kappa shape index (κ2) is 6.85. The summed E-state index contributed by atoms with van der Waals surface area (Å²) in [6.45, 7) is 3.25. The predicted molar refractivity (Wildman–Crippen MR) is 73.0 cm³/mol. The van der Waals surface area contributed by atoms with Gasteiger partial charge in [0.25, 0.3) is 0 Å². The largest absolute Gasteiger partial charge is 0.364 e. The van der Waals surface area contributed by atoms with Gasteiger partial charge in [-0.2, -0.15) is 0 Å². The van der Waals surface area contributed by atoms with Crippen LogP contribution >= 0.6 is 0 Å². The number of nitrogens with one attached hydrogen (secondary N) is 2. The van der Waals surface area contributed by atoms with Crippen LogP contribution in [0.3, 0.4) is 0 Å². The van der Waals surface area contributed by atoms with Gasteiger partial charge in [-0.05, 0) is 31.0 Å². The van der Waals surface area contributed by atoms with Crippen LogP contribution in [-0.4, -0.2) is 11.5 Å². The first-order valence-corrected chi connectivity index (χ1v) is 7.27. The second-order valence-corrected chi connectivity index (χ2v) is 5.33. The fourth-order valence-electron chi connectivity index (χ4n) is 3.06. The van der Waals surface area contributed by atoms with Crippen LogP contribution in [0.4, 0.5) is 0 Å². The van der Waals surface area contributed by atoms with Crippen LogP contribution in [0.2, 0.25) is 0 Å². The molecule has 0 saturated heterocycles. The Kier molecular flexibility index (Phi) is 5.11. The van der Waals surface area contributed by atoms with E-state index in [0.717, 1.165) is 12.5 Å². The lowest BCUT2D eigenvalue weighted by atomic mass is 9.91. The van der Waals surface area contributed by atoms with Gasteiger partial charge in [-0.1, -0.05) is 45.4 Å². The van der Waals surface area contributed by atoms with Crippen molar-refractivity contribution in [1.29, 1.82) is 0 Å². The van der Waals surface area contributed by atoms with E-state index in [1.165, 1.54) is 50.6 Å². The average molecular weight is 234 g/mol. The molecule has 96 valence electrons. The zero-order valence-corrected chi connectivity index (χ0v) is 11.0. The summed E-state index contributed by atoms with van der Waals surface area (Å²) in [4.78, 5) is 3.36. The van der Waals surface area contributed by atoms with E-state index in [-0.39, 0.29) is 0 Å². The van der Waals surface area contributed by atoms with Gasteiger partial charge in [0, 0.05) is 17.9 Å². The smallest absolute Gasteiger partial charge is 0.0475 e. The molecule has 0 radical (unpaired) electrons. The molecule has 1 aliphatic carbocycles. The van der Waals surface area contributed by atoms with Crippen molar-refractivity contribution in [2.75, 3.05) is 6.54 Å². The third-order valence-corrected chi connectivity index (χ3v) is 3.99. The van der Waals surface area contributed by atoms with Crippen LogP contribution in [0.15, 0.2) is 18.3 Å². The van der Waals surface area contributed by atoms with Crippen molar-refractivity contribution in [3.63, 3.8) is 0 Å². The SMILES string of the molecule is CCNC(CC1CCCCCC1)c1ccc[nH]1. The van der Waals surface area contributed by atoms with Gasteiger partial charge in [-0.15, -0.1) is 0 Å². The molecule has 1 heterocycles. The monoisotopic (exact) mass is 234 g/mol. The van der Waals surface area contributed by atoms with E-state index in [0.29, 0.717) is 6.04 Å². The van der Waals surface area contributed by atoms with E-state index in [9.17, 15) is 0 Å². The van der Waals surface area contributed by atoms with Gasteiger partial charge in [0.2, 0.25) is 0 Å². The number of hydrogen-bond acceptors (Lipinski definition) is 1. The molecule has 1 unspecified atom stereocenters. The van der Waals surface area contributed by atoms with Gasteiger partial charge < -0.3 is 10.3 Å². The Hall–Kier alpha value is -0.760. The van der Waals surface area contributed by atoms with Crippen molar-refractivity contribution >= 4 is 0 Å². The molecule has 1 fully saturated rings. The third kappa shape index (κ3) is 3.88. The molecule has 0 aromatic carbocycles. The summed E-state index contributed by atoms with van der Waals surface area (Å²) in [5, 5.41) is 3.62. The van der Waals surface area contributed by atoms with Crippen LogP contribution < -0.4 is 5.32 Å². The van der Waals surface area contributed by atoms with Gasteiger partial charge in [0.05, 0.1) is 0 Å². The highest BCUT2D eigenvalue weighted by Gasteiger charge is 2.19. The Balaban J connectivity index is 1.92. The Labute approximate surface area is 105 Å². The zero-order chi connectivity index (χ0) is 11.9. The molecule has 2 rings (SSSR count). The quantitative estimate of drug-likeness (QED) is 0.740. The van der Waals surface area contributed by atoms with Crippen LogP contribution in [0.1, 0.15) is 63.6 Å². The van der Waals surface area contributed by atoms with Crippen molar-refractivity contribution in [2.24, 2.45) is 5.92 Å². The van der Waals surface area contributed by atoms with Crippen LogP contribution in [0, 0.1) is 5.92 Å². The van der Waals surface area contributed by atoms with Crippen LogP contribution in [0.5, 0.6) is 0 Å². The summed E-state index contributed by atoms with van der Waals surface area (Å²) in [6, 6.07) is 4.84. The van der Waals surface area contributed by atoms with Crippen molar-refractivity contribution in [1.82, 2.24) is 10.3 Å². The molecule has 17 heavy (non-hydrogen) atoms. The summed E-state index contributed by atoms with van der Waals surface area (Å²) in [5.41, 5.74) is 1.36. The first kappa shape index (κ1) is 12.7. The molecule has 0 bridgehead atoms. The lowest BCUT2D eigenvalue weighted by molar-refractivity contribution is 0.356. The minimum Gasteiger partial charge on any atom is -0.364 e. The van der Waals surface area contributed by atoms with Gasteiger partial charge in [-0.25, -0.2) is 0 Å². The van der Waals surface area contributed by atoms with E-state index < -0.39 is 0 Å². The normalized spacial score (nSPS) is 20.1. The first-order chi connectivity index (χ1) is 8.40. The van der Waals surface area contributed by atoms with Gasteiger partial charge in [0.1, 0.15) is 0 Å². The average Bonchev–Trinajstić information content (AvgIpc) is 2.75. The van der Waals surface area contributed by atoms with E-state index in [4.69, 9.17) is 0 Å². The highest BCUT2D eigenvalue weighted by atomic mass is 14.9. The van der Waals surface area contributed by atoms with E-state index in [1.807, 2.05) is 6.20 Å². The minimum absolute atomic E-state index is 0.526. The molecule has 1 aromatic heterocycles. The Morgan fingerprint density at radius 1 is 1.29 bits per heavy atom. The number of aromatic nitrogens is 1. The third-order valence-electron chi connectivity index (χ3n) is 3.99. The topological polar surface area (TPSA) is 27.8 Å². The fourth-order valence-corrected chi connectivity index (χ4v) is 3.06. The maximum atomic E-state index is 3.62. The fraction of sp³-hybridized carbons (Fsp3) is 0.733. The molecule has 0 spiro atoms. The summed E-state index contributed by atoms with van der Waals surface area (Å²) < 4.78 is 0. The van der Waals surface area contributed by atoms with Crippen LogP contribution in [0.25, 0.3) is 0 Å². The van der Waals surface area contributed by atoms with Crippen molar-refractivity contribution < 1.29 is 0 Å². The number of aromatic amines is 1. The molecular formula is C15H26N2. The van der Waals surface area contributed by atoms with Crippen LogP contribution in [-0.2, 0) is 0 Å². The lowest BCUT2D eigenvalue weighted by Crippen LogP contribution is -2.23. The number of H-pyrrole nitrogens is 1. The molecule has 1 aromatic rings. The molecule has 2 N–H and O–H groups in total. The maximum Gasteiger partial charge on any atom is 0.0475 e. The van der Waals surface area contributed by atoms with E-state index >= 15 is 0 Å². The zero-order valence-electron chi connectivity index (χ0n) is 11.0. The Bertz CT molecular complexity index is 284. The van der Waals surface area contributed by atoms with Gasteiger partial charge in [-0.3, -0.25) is 0 Å². The summed E-state index contributed by atoms with van der Waals surface area (Å²) in [5.74, 6) is 0.921. The molecule has 1 atom stereocenters. The minimum atomic E-state index is 0.526. The lowest BCUT2D eigenvalue weighted by Gasteiger charge is -2.22. The number of rotatable bonds is 5. The highest BCUT2D eigenvalue weighted by molar-refractivity contribution is 5.09. The molecule has 2 nitrogen and oxygen atoms in total. The first-order valence-electron chi connectivity index (χ1n) is 7.27. The predicted octanol–water partition coefficient (Wildman–Crippen LogP) is 4.03. The molecule has 1 saturated carbocycles. The van der Waals surface area contributed by atoms with Crippen molar-refractivity contribution in [3.05, 3.63) is 24.0 Å². The molecule has 1 aliphatic rings. The van der Waals surface area contributed by atoms with Crippen molar-refractivity contribution in [2.45, 2.75) is 57.9 Å². The summed E-state index contributed by atoms with van der Waals surface area (Å²) >= 11 is 0. The Morgan fingerprint density at radius 2 is 2.06 bits per heavy atom. The van der Waals surface area contributed by atoms with E-state index in [1.54, 1.807) is 0 Å². The van der Waals surface area contributed by atoms with Crippen molar-refractivity contribution in [3.8, 4) is 0 Å². The summed E-state index contributed by atoms with van der Waals surface area (Å²) in [7, 11) is 0. The summed E-state index contributed by atoms with van der Waals surface area (Å²) in [6.07, 6.45) is 12.0. The second-order valence-electron chi connectivity index (χ2n) is 5.33. The standard InChI is InChI=1S/C15H26N2/c1-2-16-15(14-10-7-11-17-14)12-13-8-5-3-4-6-9-13/h7,10-11,13,15-17H,2-6,8-9,12H2,1H3. The molecule has 0 aliphatic heterocycles. The maximum absolute atomic E-state index is 3.62. The molecular weight excluding hydrogens is 208 g/mol. The molecule has 0 amide bonds. The van der Waals surface area contributed by atoms with Gasteiger partial charge >= 0.3 is 0 Å². The van der Waals surface area contributed by atoms with Gasteiger partial charge in [0.15, 0.2) is 0 Å². The highest BCUT2D eigenvalue weighted by Crippen LogP contribution is 2.30. The Morgan fingerprint density at radius 3 is 2.65 bits per heavy atom. The molecule has 2 heteroatoms. The number of hydrogen-bond donors (Lipinski definition) is 2.